The SMILES string of the molecule is CCOP(=O)(OCC)OCCC(C)(C)COS(=O)(=O)CCCS(=O)(=O)O. The zero-order chi connectivity index (χ0) is 20.5. The summed E-state index contributed by atoms with van der Waals surface area (Å²) in [5.41, 5.74) is -0.626. The van der Waals surface area contributed by atoms with Crippen molar-refractivity contribution in [1.82, 2.24) is 0 Å². The fraction of sp³-hybridized carbons (Fsp3) is 1.00. The molecule has 0 radical (unpaired) electrons. The highest BCUT2D eigenvalue weighted by molar-refractivity contribution is 7.87. The van der Waals surface area contributed by atoms with E-state index in [1.165, 1.54) is 0 Å². The lowest BCUT2D eigenvalue weighted by molar-refractivity contribution is 0.0961. The minimum absolute atomic E-state index is 0.0104. The molecule has 158 valence electrons. The molecule has 0 saturated carbocycles. The Morgan fingerprint density at radius 3 is 1.96 bits per heavy atom. The third-order valence-electron chi connectivity index (χ3n) is 3.03. The predicted molar refractivity (Wildman–Crippen MR) is 96.0 cm³/mol. The zero-order valence-electron chi connectivity index (χ0n) is 15.5. The first-order valence-electron chi connectivity index (χ1n) is 8.10. The summed E-state index contributed by atoms with van der Waals surface area (Å²) in [6.45, 7) is 6.93. The van der Waals surface area contributed by atoms with Crippen molar-refractivity contribution in [2.75, 3.05) is 37.9 Å². The molecule has 0 saturated heterocycles. The van der Waals surface area contributed by atoms with Crippen molar-refractivity contribution in [2.24, 2.45) is 5.41 Å². The van der Waals surface area contributed by atoms with Gasteiger partial charge in [-0.15, -0.1) is 0 Å². The van der Waals surface area contributed by atoms with Crippen molar-refractivity contribution in [1.29, 1.82) is 0 Å². The number of phosphoric ester groups is 1. The van der Waals surface area contributed by atoms with Crippen LogP contribution in [-0.2, 0) is 42.6 Å². The quantitative estimate of drug-likeness (QED) is 0.229. The average molecular weight is 440 g/mol. The number of phosphoric acid groups is 1. The first-order valence-corrected chi connectivity index (χ1v) is 12.7. The van der Waals surface area contributed by atoms with Crippen molar-refractivity contribution < 1.29 is 43.7 Å². The number of hydrogen-bond acceptors (Lipinski definition) is 9. The number of hydrogen-bond donors (Lipinski definition) is 1. The summed E-state index contributed by atoms with van der Waals surface area (Å²) in [6.07, 6.45) is 0.0499. The molecule has 10 nitrogen and oxygen atoms in total. The monoisotopic (exact) mass is 440 g/mol. The topological polar surface area (TPSA) is 142 Å². The van der Waals surface area contributed by atoms with Crippen molar-refractivity contribution in [3.8, 4) is 0 Å². The highest BCUT2D eigenvalue weighted by Gasteiger charge is 2.28. The molecule has 26 heavy (non-hydrogen) atoms. The van der Waals surface area contributed by atoms with E-state index < -0.39 is 45.0 Å². The molecule has 0 rings (SSSR count). The largest absolute Gasteiger partial charge is 0.474 e. The lowest BCUT2D eigenvalue weighted by Gasteiger charge is -2.25. The van der Waals surface area contributed by atoms with Crippen LogP contribution in [0.2, 0.25) is 0 Å². The molecule has 1 N–H and O–H groups in total. The summed E-state index contributed by atoms with van der Waals surface area (Å²) < 4.78 is 85.5. The molecule has 0 aliphatic carbocycles. The zero-order valence-corrected chi connectivity index (χ0v) is 18.1. The van der Waals surface area contributed by atoms with E-state index in [0.29, 0.717) is 6.42 Å². The lowest BCUT2D eigenvalue weighted by atomic mass is 9.91. The Morgan fingerprint density at radius 2 is 1.50 bits per heavy atom. The predicted octanol–water partition coefficient (Wildman–Crippen LogP) is 2.22. The molecule has 0 aliphatic heterocycles. The highest BCUT2D eigenvalue weighted by Crippen LogP contribution is 2.49. The third-order valence-corrected chi connectivity index (χ3v) is 6.75. The molecule has 0 aliphatic rings. The second-order valence-electron chi connectivity index (χ2n) is 6.19. The standard InChI is InChI=1S/C13H29O10PS2/c1-5-20-24(14,21-6-2)22-9-8-13(3,4)12-23-26(18,19)11-7-10-25(15,16)17/h5-12H2,1-4H3,(H,15,16,17). The molecule has 0 fully saturated rings. The Balaban J connectivity index is 4.41. The Kier molecular flexibility index (Phi) is 11.0. The highest BCUT2D eigenvalue weighted by atomic mass is 32.2. The third kappa shape index (κ3) is 13.2. The Labute approximate surface area is 156 Å². The lowest BCUT2D eigenvalue weighted by Crippen LogP contribution is -2.25. The van der Waals surface area contributed by atoms with Crippen LogP contribution in [0, 0.1) is 5.41 Å². The molecule has 0 bridgehead atoms. The smallest absolute Gasteiger partial charge is 0.287 e. The molecular weight excluding hydrogens is 411 g/mol. The van der Waals surface area contributed by atoms with Gasteiger partial charge in [-0.05, 0) is 32.1 Å². The summed E-state index contributed by atoms with van der Waals surface area (Å²) in [5, 5.41) is 0. The van der Waals surface area contributed by atoms with Gasteiger partial charge < -0.3 is 0 Å². The summed E-state index contributed by atoms with van der Waals surface area (Å²) in [6, 6.07) is 0. The minimum atomic E-state index is -4.21. The van der Waals surface area contributed by atoms with Gasteiger partial charge in [0, 0.05) is 0 Å². The van der Waals surface area contributed by atoms with Crippen molar-refractivity contribution in [3.05, 3.63) is 0 Å². The first kappa shape index (κ1) is 25.9. The second kappa shape index (κ2) is 11.1. The molecule has 0 aromatic carbocycles. The molecule has 0 amide bonds. The summed E-state index contributed by atoms with van der Waals surface area (Å²) in [5.74, 6) is -1.18. The van der Waals surface area contributed by atoms with Gasteiger partial charge in [-0.3, -0.25) is 22.3 Å². The minimum Gasteiger partial charge on any atom is -0.287 e. The maximum absolute atomic E-state index is 12.2. The number of rotatable bonds is 15. The maximum Gasteiger partial charge on any atom is 0.474 e. The van der Waals surface area contributed by atoms with Gasteiger partial charge in [0.2, 0.25) is 0 Å². The molecule has 0 aromatic heterocycles. The van der Waals surface area contributed by atoms with E-state index in [0.717, 1.165) is 0 Å². The van der Waals surface area contributed by atoms with Crippen molar-refractivity contribution in [2.45, 2.75) is 40.5 Å². The van der Waals surface area contributed by atoms with Crippen LogP contribution in [0.25, 0.3) is 0 Å². The van der Waals surface area contributed by atoms with E-state index in [1.54, 1.807) is 27.7 Å². The van der Waals surface area contributed by atoms with Gasteiger partial charge in [0.15, 0.2) is 0 Å². The van der Waals surface area contributed by atoms with Crippen LogP contribution in [0.15, 0.2) is 0 Å². The normalized spacial score (nSPS) is 13.9. The molecule has 13 heteroatoms. The molecular formula is C13H29O10PS2. The van der Waals surface area contributed by atoms with E-state index in [9.17, 15) is 21.4 Å². The second-order valence-corrected chi connectivity index (χ2v) is 11.2. The Hall–Kier alpha value is -0.0700. The van der Waals surface area contributed by atoms with E-state index in [2.05, 4.69) is 0 Å². The van der Waals surface area contributed by atoms with Crippen LogP contribution in [0.3, 0.4) is 0 Å². The fourth-order valence-corrected chi connectivity index (χ4v) is 4.64. The van der Waals surface area contributed by atoms with E-state index in [-0.39, 0.29) is 32.8 Å². The van der Waals surface area contributed by atoms with Gasteiger partial charge >= 0.3 is 7.82 Å². The van der Waals surface area contributed by atoms with Gasteiger partial charge in [-0.25, -0.2) is 4.57 Å². The van der Waals surface area contributed by atoms with Gasteiger partial charge in [-0.1, -0.05) is 13.8 Å². The van der Waals surface area contributed by atoms with Crippen LogP contribution in [-0.4, -0.2) is 59.3 Å². The Bertz CT molecular complexity index is 646. The first-order chi connectivity index (χ1) is 11.7. The molecule has 0 heterocycles. The van der Waals surface area contributed by atoms with Crippen LogP contribution < -0.4 is 0 Å². The van der Waals surface area contributed by atoms with Gasteiger partial charge in [0.1, 0.15) is 0 Å². The van der Waals surface area contributed by atoms with E-state index in [1.807, 2.05) is 0 Å². The van der Waals surface area contributed by atoms with Crippen LogP contribution in [0.4, 0.5) is 0 Å². The van der Waals surface area contributed by atoms with Crippen LogP contribution in [0.5, 0.6) is 0 Å². The summed E-state index contributed by atoms with van der Waals surface area (Å²) in [4.78, 5) is 0. The van der Waals surface area contributed by atoms with Crippen molar-refractivity contribution in [3.63, 3.8) is 0 Å². The Morgan fingerprint density at radius 1 is 0.962 bits per heavy atom. The van der Waals surface area contributed by atoms with Crippen LogP contribution in [0.1, 0.15) is 40.5 Å². The molecule has 0 unspecified atom stereocenters. The maximum atomic E-state index is 12.2. The summed E-state index contributed by atoms with van der Waals surface area (Å²) >= 11 is 0. The van der Waals surface area contributed by atoms with Crippen LogP contribution >= 0.6 is 7.82 Å². The van der Waals surface area contributed by atoms with Gasteiger partial charge in [0.05, 0.1) is 37.9 Å². The fourth-order valence-electron chi connectivity index (χ4n) is 1.66. The average Bonchev–Trinajstić information content (AvgIpc) is 2.44. The van der Waals surface area contributed by atoms with Gasteiger partial charge in [0.25, 0.3) is 20.2 Å². The molecule has 0 atom stereocenters. The van der Waals surface area contributed by atoms with Crippen molar-refractivity contribution >= 4 is 28.1 Å². The summed E-state index contributed by atoms with van der Waals surface area (Å²) in [7, 11) is -11.8. The van der Waals surface area contributed by atoms with Gasteiger partial charge in [-0.2, -0.15) is 16.8 Å². The molecule has 0 spiro atoms. The molecule has 0 aromatic rings. The van der Waals surface area contributed by atoms with E-state index >= 15 is 0 Å². The van der Waals surface area contributed by atoms with E-state index in [4.69, 9.17) is 22.3 Å².